The zero-order valence-corrected chi connectivity index (χ0v) is 16.9. The van der Waals surface area contributed by atoms with E-state index in [-0.39, 0.29) is 43.0 Å². The summed E-state index contributed by atoms with van der Waals surface area (Å²) in [4.78, 5) is 29.7. The van der Waals surface area contributed by atoms with Crippen LogP contribution in [0.2, 0.25) is 0 Å². The summed E-state index contributed by atoms with van der Waals surface area (Å²) >= 11 is 0. The van der Waals surface area contributed by atoms with Gasteiger partial charge in [0.05, 0.1) is 25.2 Å². The number of carbonyl (C=O) groups is 2. The fraction of sp³-hybridized carbons (Fsp3) is 0.524. The third kappa shape index (κ3) is 4.76. The molecule has 1 aromatic carbocycles. The van der Waals surface area contributed by atoms with Crippen LogP contribution >= 0.6 is 0 Å². The molecule has 1 aromatic rings. The van der Waals surface area contributed by atoms with Crippen LogP contribution in [0.5, 0.6) is 0 Å². The molecule has 0 aliphatic carbocycles. The van der Waals surface area contributed by atoms with Crippen molar-refractivity contribution in [1.29, 1.82) is 0 Å². The van der Waals surface area contributed by atoms with Crippen LogP contribution in [0.25, 0.3) is 6.08 Å². The van der Waals surface area contributed by atoms with Gasteiger partial charge in [-0.15, -0.1) is 0 Å². The van der Waals surface area contributed by atoms with E-state index in [4.69, 9.17) is 0 Å². The molecule has 1 N–H and O–H groups in total. The molecule has 0 unspecified atom stereocenters. The molecule has 6 nitrogen and oxygen atoms in total. The summed E-state index contributed by atoms with van der Waals surface area (Å²) in [7, 11) is 5.44. The van der Waals surface area contributed by atoms with E-state index in [0.717, 1.165) is 11.1 Å². The second-order valence-electron chi connectivity index (χ2n) is 7.45. The molecular weight excluding hydrogens is 342 g/mol. The lowest BCUT2D eigenvalue weighted by Crippen LogP contribution is -2.69. The third-order valence-corrected chi connectivity index (χ3v) is 5.15. The van der Waals surface area contributed by atoms with Crippen LogP contribution in [0.15, 0.2) is 30.3 Å². The van der Waals surface area contributed by atoms with Crippen molar-refractivity contribution in [2.75, 3.05) is 40.8 Å². The van der Waals surface area contributed by atoms with E-state index in [1.165, 1.54) is 6.92 Å². The number of rotatable bonds is 7. The molecule has 1 aliphatic rings. The zero-order valence-electron chi connectivity index (χ0n) is 16.9. The van der Waals surface area contributed by atoms with Crippen molar-refractivity contribution < 1.29 is 14.7 Å². The molecule has 2 amide bonds. The monoisotopic (exact) mass is 373 g/mol. The molecule has 2 rings (SSSR count). The first-order valence-electron chi connectivity index (χ1n) is 9.31. The SMILES string of the molecule is C/C=C/c1ccc([C@H]2[C@@H](CO)N(C(=O)CN(C)C)[C@H]2CN(C)C(C)=O)cc1. The second-order valence-corrected chi connectivity index (χ2v) is 7.45. The number of aliphatic hydroxyl groups excluding tert-OH is 1. The van der Waals surface area contributed by atoms with E-state index in [1.807, 2.05) is 50.2 Å². The van der Waals surface area contributed by atoms with Gasteiger partial charge in [0, 0.05) is 26.4 Å². The Hall–Kier alpha value is -2.18. The summed E-state index contributed by atoms with van der Waals surface area (Å²) in [6.07, 6.45) is 4.02. The van der Waals surface area contributed by atoms with Crippen LogP contribution in [0.1, 0.15) is 30.9 Å². The molecule has 1 aliphatic heterocycles. The Labute approximate surface area is 162 Å². The molecule has 0 spiro atoms. The summed E-state index contributed by atoms with van der Waals surface area (Å²) < 4.78 is 0. The Bertz CT molecular complexity index is 684. The van der Waals surface area contributed by atoms with Crippen LogP contribution in [0.3, 0.4) is 0 Å². The molecular formula is C21H31N3O3. The highest BCUT2D eigenvalue weighted by Gasteiger charge is 2.51. The maximum Gasteiger partial charge on any atom is 0.237 e. The predicted octanol–water partition coefficient (Wildman–Crippen LogP) is 1.41. The van der Waals surface area contributed by atoms with Gasteiger partial charge >= 0.3 is 0 Å². The summed E-state index contributed by atoms with van der Waals surface area (Å²) in [5.41, 5.74) is 2.19. The van der Waals surface area contributed by atoms with Gasteiger partial charge in [0.1, 0.15) is 0 Å². The minimum atomic E-state index is -0.268. The number of hydrogen-bond donors (Lipinski definition) is 1. The van der Waals surface area contributed by atoms with Crippen molar-refractivity contribution in [1.82, 2.24) is 14.7 Å². The van der Waals surface area contributed by atoms with Gasteiger partial charge in [0.15, 0.2) is 0 Å². The number of allylic oxidation sites excluding steroid dienone is 1. The van der Waals surface area contributed by atoms with Crippen LogP contribution in [0.4, 0.5) is 0 Å². The predicted molar refractivity (Wildman–Crippen MR) is 107 cm³/mol. The minimum Gasteiger partial charge on any atom is -0.394 e. The largest absolute Gasteiger partial charge is 0.394 e. The van der Waals surface area contributed by atoms with Gasteiger partial charge in [-0.25, -0.2) is 0 Å². The molecule has 27 heavy (non-hydrogen) atoms. The van der Waals surface area contributed by atoms with Gasteiger partial charge in [-0.05, 0) is 32.1 Å². The van der Waals surface area contributed by atoms with Gasteiger partial charge in [-0.3, -0.25) is 9.59 Å². The first kappa shape index (κ1) is 21.1. The smallest absolute Gasteiger partial charge is 0.237 e. The molecule has 0 radical (unpaired) electrons. The van der Waals surface area contributed by atoms with Gasteiger partial charge in [0.25, 0.3) is 0 Å². The molecule has 0 aromatic heterocycles. The molecule has 6 heteroatoms. The number of amides is 2. The average Bonchev–Trinajstić information content (AvgIpc) is 2.59. The van der Waals surface area contributed by atoms with Crippen LogP contribution in [-0.2, 0) is 9.59 Å². The molecule has 0 saturated carbocycles. The highest BCUT2D eigenvalue weighted by atomic mass is 16.3. The number of likely N-dealkylation sites (N-methyl/N-ethyl adjacent to an activating group) is 2. The van der Waals surface area contributed by atoms with Gasteiger partial charge < -0.3 is 19.8 Å². The highest BCUT2D eigenvalue weighted by Crippen LogP contribution is 2.41. The van der Waals surface area contributed by atoms with E-state index in [2.05, 4.69) is 12.1 Å². The van der Waals surface area contributed by atoms with Crippen molar-refractivity contribution in [2.24, 2.45) is 0 Å². The molecule has 3 atom stereocenters. The number of aliphatic hydroxyl groups is 1. The number of benzene rings is 1. The Morgan fingerprint density at radius 2 is 1.78 bits per heavy atom. The Kier molecular flexibility index (Phi) is 7.16. The maximum atomic E-state index is 12.7. The van der Waals surface area contributed by atoms with E-state index < -0.39 is 0 Å². The van der Waals surface area contributed by atoms with Crippen LogP contribution < -0.4 is 0 Å². The van der Waals surface area contributed by atoms with Crippen LogP contribution in [-0.4, -0.2) is 84.5 Å². The quantitative estimate of drug-likeness (QED) is 0.785. The van der Waals surface area contributed by atoms with E-state index >= 15 is 0 Å². The molecule has 1 heterocycles. The van der Waals surface area contributed by atoms with Crippen molar-refractivity contribution >= 4 is 17.9 Å². The van der Waals surface area contributed by atoms with Gasteiger partial charge in [-0.1, -0.05) is 36.4 Å². The van der Waals surface area contributed by atoms with Gasteiger partial charge in [0.2, 0.25) is 11.8 Å². The molecule has 1 saturated heterocycles. The normalized spacial score (nSPS) is 22.2. The lowest BCUT2D eigenvalue weighted by Gasteiger charge is -2.56. The topological polar surface area (TPSA) is 64.1 Å². The maximum absolute atomic E-state index is 12.7. The molecule has 148 valence electrons. The average molecular weight is 373 g/mol. The Morgan fingerprint density at radius 1 is 1.15 bits per heavy atom. The summed E-state index contributed by atoms with van der Waals surface area (Å²) in [6, 6.07) is 7.78. The number of likely N-dealkylation sites (tertiary alicyclic amines) is 1. The Morgan fingerprint density at radius 3 is 2.26 bits per heavy atom. The van der Waals surface area contributed by atoms with Crippen molar-refractivity contribution in [3.63, 3.8) is 0 Å². The van der Waals surface area contributed by atoms with Crippen LogP contribution in [0, 0.1) is 0 Å². The number of nitrogens with zero attached hydrogens (tertiary/aromatic N) is 3. The van der Waals surface area contributed by atoms with Crippen molar-refractivity contribution in [3.8, 4) is 0 Å². The summed E-state index contributed by atoms with van der Waals surface area (Å²) in [6.45, 7) is 4.13. The van der Waals surface area contributed by atoms with E-state index in [0.29, 0.717) is 6.54 Å². The van der Waals surface area contributed by atoms with Crippen molar-refractivity contribution in [2.45, 2.75) is 31.8 Å². The zero-order chi connectivity index (χ0) is 20.1. The Balaban J connectivity index is 2.31. The van der Waals surface area contributed by atoms with E-state index in [9.17, 15) is 14.7 Å². The van der Waals surface area contributed by atoms with Crippen molar-refractivity contribution in [3.05, 3.63) is 41.5 Å². The molecule has 1 fully saturated rings. The first-order chi connectivity index (χ1) is 12.8. The summed E-state index contributed by atoms with van der Waals surface area (Å²) in [5.74, 6) is -0.0602. The molecule has 0 bridgehead atoms. The highest BCUT2D eigenvalue weighted by molar-refractivity contribution is 5.81. The standard InChI is InChI=1S/C21H31N3O3/c1-6-7-16-8-10-17(11-9-16)21-18(12-23(5)15(2)26)24(19(21)14-25)20(27)13-22(3)4/h6-11,18-19,21,25H,12-14H2,1-5H3/b7-6+/t18-,19+,21+/m0/s1. The fourth-order valence-electron chi connectivity index (χ4n) is 3.75. The van der Waals surface area contributed by atoms with E-state index in [1.54, 1.807) is 16.8 Å². The number of carbonyl (C=O) groups excluding carboxylic acids is 2. The van der Waals surface area contributed by atoms with Gasteiger partial charge in [-0.2, -0.15) is 0 Å². The fourth-order valence-corrected chi connectivity index (χ4v) is 3.75. The minimum absolute atomic E-state index is 0.00238. The number of hydrogen-bond acceptors (Lipinski definition) is 4. The first-order valence-corrected chi connectivity index (χ1v) is 9.31. The third-order valence-electron chi connectivity index (χ3n) is 5.15. The lowest BCUT2D eigenvalue weighted by molar-refractivity contribution is -0.154. The lowest BCUT2D eigenvalue weighted by atomic mass is 9.74. The summed E-state index contributed by atoms with van der Waals surface area (Å²) in [5, 5.41) is 9.97. The second kappa shape index (κ2) is 9.15.